The van der Waals surface area contributed by atoms with Crippen LogP contribution < -0.4 is 0 Å². The molecular weight excluding hydrogens is 107 g/mol. The van der Waals surface area contributed by atoms with Crippen LogP contribution in [0.5, 0.6) is 0 Å². The van der Waals surface area contributed by atoms with Gasteiger partial charge in [-0.2, -0.15) is 13.2 Å². The number of hydrogen-bond acceptors (Lipinski definition) is 0. The van der Waals surface area contributed by atoms with Gasteiger partial charge in [0.2, 0.25) is 0 Å². The lowest BCUT2D eigenvalue weighted by Crippen LogP contribution is -2.00. The molecule has 0 fully saturated rings. The van der Waals surface area contributed by atoms with Crippen LogP contribution in [0.2, 0.25) is 0 Å². The fraction of sp³-hybridized carbons (Fsp3) is 0.333. The van der Waals surface area contributed by atoms with E-state index in [1.54, 1.807) is 0 Å². The van der Waals surface area contributed by atoms with Crippen molar-refractivity contribution >= 4 is 5.87 Å². The van der Waals surface area contributed by atoms with Gasteiger partial charge in [0.15, 0.2) is 0 Å². The smallest absolute Gasteiger partial charge is 0.763 e. The van der Waals surface area contributed by atoms with E-state index in [-0.39, 0.29) is 7.50 Å². The zero-order chi connectivity index (χ0) is 5.91. The van der Waals surface area contributed by atoms with E-state index in [4.69, 9.17) is 5.41 Å². The van der Waals surface area contributed by atoms with Gasteiger partial charge in [0, 0.05) is 6.08 Å². The molecule has 40 valence electrons. The van der Waals surface area contributed by atoms with E-state index in [0.717, 1.165) is 5.87 Å². The first-order chi connectivity index (χ1) is 3.06. The Bertz CT molecular complexity index is 102. The Labute approximate surface area is 39.4 Å². The van der Waals surface area contributed by atoms with Crippen molar-refractivity contribution in [3.63, 3.8) is 0 Å². The van der Waals surface area contributed by atoms with Crippen LogP contribution >= 0.6 is 0 Å². The van der Waals surface area contributed by atoms with Crippen LogP contribution in [-0.4, -0.2) is 12.0 Å². The predicted octanol–water partition coefficient (Wildman–Crippen LogP) is 1.46. The summed E-state index contributed by atoms with van der Waals surface area (Å²) >= 11 is 0. The summed E-state index contributed by atoms with van der Waals surface area (Å²) in [4.78, 5) is 0. The molecule has 0 aliphatic heterocycles. The highest BCUT2D eigenvalue weighted by Crippen LogP contribution is 2.13. The van der Waals surface area contributed by atoms with Crippen molar-refractivity contribution in [1.29, 1.82) is 0 Å². The highest BCUT2D eigenvalue weighted by atomic mass is 19.4. The Morgan fingerprint density at radius 1 is 1.57 bits per heavy atom. The summed E-state index contributed by atoms with van der Waals surface area (Å²) < 4.78 is 32.3. The molecule has 0 bridgehead atoms. The average molecular weight is 109 g/mol. The van der Waals surface area contributed by atoms with Crippen LogP contribution in [0.1, 0.15) is 1.43 Å². The van der Waals surface area contributed by atoms with Crippen molar-refractivity contribution in [3.8, 4) is 0 Å². The van der Waals surface area contributed by atoms with Gasteiger partial charge in [0.25, 0.3) is 0 Å². The fourth-order valence-electron chi connectivity index (χ4n) is 0.0732. The predicted molar refractivity (Wildman–Crippen MR) is 20.1 cm³/mol. The van der Waals surface area contributed by atoms with Crippen molar-refractivity contribution in [3.05, 3.63) is 11.5 Å². The van der Waals surface area contributed by atoms with Gasteiger partial charge in [-0.1, -0.05) is 0 Å². The number of rotatable bonds is 0. The van der Waals surface area contributed by atoms with Crippen LogP contribution in [0.4, 0.5) is 13.2 Å². The Morgan fingerprint density at radius 2 is 2.00 bits per heavy atom. The van der Waals surface area contributed by atoms with Crippen molar-refractivity contribution in [2.45, 2.75) is 6.18 Å². The van der Waals surface area contributed by atoms with E-state index in [1.807, 2.05) is 0 Å². The average Bonchev–Trinajstić information content (AvgIpc) is 1.30. The molecule has 0 radical (unpaired) electrons. The molecule has 0 amide bonds. The highest BCUT2D eigenvalue weighted by molar-refractivity contribution is 5.55. The third-order valence-electron chi connectivity index (χ3n) is 0.228. The maximum absolute atomic E-state index is 10.8. The summed E-state index contributed by atoms with van der Waals surface area (Å²) in [5.74, 6) is 0.858. The van der Waals surface area contributed by atoms with Crippen LogP contribution in [-0.2, 0) is 0 Å². The van der Waals surface area contributed by atoms with Crippen LogP contribution in [0, 0.1) is 0 Å². The van der Waals surface area contributed by atoms with Gasteiger partial charge in [-0.25, -0.2) is 0 Å². The highest BCUT2D eigenvalue weighted by Gasteiger charge is 2.20. The van der Waals surface area contributed by atoms with E-state index in [1.165, 1.54) is 0 Å². The minimum absolute atomic E-state index is 0. The lowest BCUT2D eigenvalue weighted by atomic mass is 10.6. The zero-order valence-corrected chi connectivity index (χ0v) is 3.16. The van der Waals surface area contributed by atoms with Crippen molar-refractivity contribution in [1.82, 2.24) is 0 Å². The van der Waals surface area contributed by atoms with Gasteiger partial charge >= 0.3 is 7.60 Å². The summed E-state index contributed by atoms with van der Waals surface area (Å²) in [6.45, 7) is 0. The van der Waals surface area contributed by atoms with E-state index in [2.05, 4.69) is 0 Å². The minimum Gasteiger partial charge on any atom is -0.763 e. The quantitative estimate of drug-likeness (QED) is 0.420. The number of alkyl halides is 3. The molecule has 0 aromatic carbocycles. The maximum Gasteiger partial charge on any atom is 1.00 e. The fourth-order valence-corrected chi connectivity index (χ4v) is 0.0732. The van der Waals surface area contributed by atoms with Gasteiger partial charge in [0.05, 0.1) is 0 Å². The normalized spacial score (nSPS) is 10.1. The third kappa shape index (κ3) is 5.24. The molecule has 4 heteroatoms. The molecule has 0 saturated carbocycles. The largest absolute Gasteiger partial charge is 1.00 e. The first-order valence-corrected chi connectivity index (χ1v) is 1.37. The number of hydrogen-bond donors (Lipinski definition) is 0. The van der Waals surface area contributed by atoms with Crippen molar-refractivity contribution < 1.29 is 14.6 Å². The molecule has 0 atom stereocenters. The molecule has 0 N–H and O–H groups in total. The number of nitrogens with zero attached hydrogens (tertiary/aromatic N) is 1. The second-order valence-electron chi connectivity index (χ2n) is 0.815. The van der Waals surface area contributed by atoms with E-state index >= 15 is 0 Å². The van der Waals surface area contributed by atoms with Crippen LogP contribution in [0.3, 0.4) is 0 Å². The summed E-state index contributed by atoms with van der Waals surface area (Å²) in [5, 5.41) is 7.38. The Balaban J connectivity index is 0. The second-order valence-corrected chi connectivity index (χ2v) is 0.815. The first kappa shape index (κ1) is 6.24. The first-order valence-electron chi connectivity index (χ1n) is 1.37. The van der Waals surface area contributed by atoms with Gasteiger partial charge in [-0.05, 0) is 0 Å². The van der Waals surface area contributed by atoms with E-state index in [9.17, 15) is 13.2 Å². The van der Waals surface area contributed by atoms with Crippen LogP contribution in [0.25, 0.3) is 5.41 Å². The number of allylic oxidation sites excluding steroid dienone is 1. The molecule has 0 aromatic heterocycles. The topological polar surface area (TPSA) is 22.3 Å². The third-order valence-corrected chi connectivity index (χ3v) is 0.228. The van der Waals surface area contributed by atoms with Gasteiger partial charge in [-0.15, -0.1) is 0 Å². The van der Waals surface area contributed by atoms with Gasteiger partial charge in [0.1, 0.15) is 0 Å². The molecule has 1 nitrogen and oxygen atoms in total. The minimum atomic E-state index is -4.44. The lowest BCUT2D eigenvalue weighted by molar-refractivity contribution is -0.0785. The molecule has 0 unspecified atom stereocenters. The Kier molecular flexibility index (Phi) is 1.60. The lowest BCUT2D eigenvalue weighted by Gasteiger charge is -1.93. The Morgan fingerprint density at radius 3 is 2.00 bits per heavy atom. The molecule has 0 aromatic rings. The monoisotopic (exact) mass is 109 g/mol. The summed E-state index contributed by atoms with van der Waals surface area (Å²) in [5.41, 5.74) is 0. The molecule has 0 heterocycles. The summed E-state index contributed by atoms with van der Waals surface area (Å²) in [7, 11) is 0. The number of halogens is 3. The molecule has 0 aliphatic carbocycles. The molecular formula is C3H2F3N. The van der Waals surface area contributed by atoms with Crippen LogP contribution in [0.15, 0.2) is 6.08 Å². The van der Waals surface area contributed by atoms with Crippen molar-refractivity contribution in [2.24, 2.45) is 0 Å². The standard InChI is InChI=1S/C3HF3N/c4-3(5,6)1-2-7/h1H/q-1/p+1. The Hall–Kier alpha value is -0.760. The van der Waals surface area contributed by atoms with Crippen molar-refractivity contribution in [2.75, 3.05) is 0 Å². The molecule has 0 rings (SSSR count). The maximum atomic E-state index is 10.8. The molecule has 0 spiro atoms. The SMILES string of the molecule is [H+].[N-]=C=CC(F)(F)F. The summed E-state index contributed by atoms with van der Waals surface area (Å²) in [6, 6.07) is 0. The second kappa shape index (κ2) is 1.80. The van der Waals surface area contributed by atoms with Gasteiger partial charge < -0.3 is 5.41 Å². The van der Waals surface area contributed by atoms with E-state index < -0.39 is 6.18 Å². The van der Waals surface area contributed by atoms with Gasteiger partial charge in [-0.3, -0.25) is 5.87 Å². The zero-order valence-electron chi connectivity index (χ0n) is 4.16. The van der Waals surface area contributed by atoms with E-state index in [0.29, 0.717) is 0 Å². The summed E-state index contributed by atoms with van der Waals surface area (Å²) in [6.07, 6.45) is -4.82. The molecule has 0 aliphatic rings. The molecule has 0 saturated heterocycles. The molecule has 7 heavy (non-hydrogen) atoms.